The Labute approximate surface area is 132 Å². The molecule has 0 saturated carbocycles. The molecule has 0 bridgehead atoms. The van der Waals surface area contributed by atoms with E-state index in [4.69, 9.17) is 39.6 Å². The Balaban J connectivity index is 2.22. The molecule has 1 heterocycles. The summed E-state index contributed by atoms with van der Waals surface area (Å²) in [6, 6.07) is 3.80. The van der Waals surface area contributed by atoms with Gasteiger partial charge in [-0.05, 0) is 17.4 Å². The van der Waals surface area contributed by atoms with E-state index in [2.05, 4.69) is 6.58 Å². The molecule has 0 saturated heterocycles. The lowest BCUT2D eigenvalue weighted by atomic mass is 9.95. The van der Waals surface area contributed by atoms with Gasteiger partial charge in [0.1, 0.15) is 0 Å². The minimum absolute atomic E-state index is 0.303. The summed E-state index contributed by atoms with van der Waals surface area (Å²) in [4.78, 5) is 5.58. The van der Waals surface area contributed by atoms with Gasteiger partial charge >= 0.3 is 0 Å². The topological polar surface area (TPSA) is 12.5 Å². The maximum absolute atomic E-state index is 6.36. The second kappa shape index (κ2) is 5.45. The van der Waals surface area contributed by atoms with Crippen molar-refractivity contribution in [2.45, 2.75) is 5.38 Å². The molecule has 3 rings (SSSR count). The maximum Gasteiger partial charge on any atom is 0.0927 e. The quantitative estimate of drug-likeness (QED) is 0.624. The van der Waals surface area contributed by atoms with Crippen LogP contribution < -0.4 is 10.4 Å². The summed E-state index contributed by atoms with van der Waals surface area (Å²) >= 11 is 19.0. The first-order valence-electron chi connectivity index (χ1n) is 6.17. The van der Waals surface area contributed by atoms with Gasteiger partial charge in [0.2, 0.25) is 0 Å². The smallest absolute Gasteiger partial charge is 0.0927 e. The summed E-state index contributed by atoms with van der Waals surface area (Å²) in [6.07, 6.45) is 5.45. The third-order valence-electron chi connectivity index (χ3n) is 3.34. The number of alkyl halides is 1. The van der Waals surface area contributed by atoms with Crippen LogP contribution in [0.25, 0.3) is 11.8 Å². The van der Waals surface area contributed by atoms with Gasteiger partial charge in [0.05, 0.1) is 18.5 Å². The van der Waals surface area contributed by atoms with Crippen molar-refractivity contribution in [1.29, 1.82) is 0 Å². The van der Waals surface area contributed by atoms with E-state index in [0.717, 1.165) is 21.6 Å². The molecule has 1 aromatic carbocycles. The van der Waals surface area contributed by atoms with Crippen LogP contribution in [0, 0.1) is 0 Å². The highest BCUT2D eigenvalue weighted by molar-refractivity contribution is 6.38. The van der Waals surface area contributed by atoms with Gasteiger partial charge < -0.3 is 0 Å². The van der Waals surface area contributed by atoms with Gasteiger partial charge in [0.25, 0.3) is 0 Å². The van der Waals surface area contributed by atoms with Crippen LogP contribution in [0.5, 0.6) is 0 Å². The normalized spacial score (nSPS) is 20.1. The SMILES string of the molecule is C=CCON1C=c2ccc(Cl)c3c2=C(C1)C(Cl)=CC3Cl. The number of benzene rings is 1. The molecule has 1 aliphatic heterocycles. The number of hydroxylamine groups is 2. The average Bonchev–Trinajstić information content (AvgIpc) is 2.43. The van der Waals surface area contributed by atoms with Crippen molar-refractivity contribution in [2.75, 3.05) is 13.2 Å². The zero-order chi connectivity index (χ0) is 14.3. The van der Waals surface area contributed by atoms with E-state index in [-0.39, 0.29) is 5.38 Å². The van der Waals surface area contributed by atoms with Crippen LogP contribution in [0.1, 0.15) is 10.9 Å². The van der Waals surface area contributed by atoms with Gasteiger partial charge in [0, 0.05) is 32.6 Å². The Morgan fingerprint density at radius 1 is 1.40 bits per heavy atom. The first-order valence-corrected chi connectivity index (χ1v) is 7.36. The van der Waals surface area contributed by atoms with Gasteiger partial charge in [-0.3, -0.25) is 9.90 Å². The lowest BCUT2D eigenvalue weighted by molar-refractivity contribution is -0.0808. The molecule has 0 N–H and O–H groups in total. The lowest BCUT2D eigenvalue weighted by Gasteiger charge is -2.28. The summed E-state index contributed by atoms with van der Waals surface area (Å²) in [7, 11) is 0. The van der Waals surface area contributed by atoms with Crippen molar-refractivity contribution < 1.29 is 4.84 Å². The van der Waals surface area contributed by atoms with Gasteiger partial charge in [-0.2, -0.15) is 0 Å². The van der Waals surface area contributed by atoms with Gasteiger partial charge in [-0.25, -0.2) is 0 Å². The van der Waals surface area contributed by atoms with Crippen LogP contribution in [0.2, 0.25) is 5.02 Å². The summed E-state index contributed by atoms with van der Waals surface area (Å²) < 4.78 is 0. The van der Waals surface area contributed by atoms with Crippen molar-refractivity contribution in [3.8, 4) is 0 Å². The van der Waals surface area contributed by atoms with E-state index >= 15 is 0 Å². The molecule has 1 atom stereocenters. The fourth-order valence-electron chi connectivity index (χ4n) is 2.50. The van der Waals surface area contributed by atoms with Gasteiger partial charge in [-0.1, -0.05) is 35.3 Å². The fraction of sp³-hybridized carbons (Fsp3) is 0.200. The Morgan fingerprint density at radius 3 is 2.95 bits per heavy atom. The van der Waals surface area contributed by atoms with E-state index in [1.54, 1.807) is 11.1 Å². The minimum atomic E-state index is -0.303. The summed E-state index contributed by atoms with van der Waals surface area (Å²) in [5, 5.41) is 4.80. The van der Waals surface area contributed by atoms with Crippen molar-refractivity contribution in [3.05, 3.63) is 56.9 Å². The van der Waals surface area contributed by atoms with E-state index < -0.39 is 0 Å². The van der Waals surface area contributed by atoms with Crippen LogP contribution in [0.15, 0.2) is 35.9 Å². The third kappa shape index (κ3) is 2.27. The van der Waals surface area contributed by atoms with Crippen LogP contribution in [-0.4, -0.2) is 18.2 Å². The largest absolute Gasteiger partial charge is 0.270 e. The molecule has 20 heavy (non-hydrogen) atoms. The van der Waals surface area contributed by atoms with E-state index in [0.29, 0.717) is 23.2 Å². The number of rotatable bonds is 3. The second-order valence-electron chi connectivity index (χ2n) is 4.61. The zero-order valence-corrected chi connectivity index (χ0v) is 12.8. The van der Waals surface area contributed by atoms with Crippen molar-refractivity contribution in [3.63, 3.8) is 0 Å². The van der Waals surface area contributed by atoms with E-state index in [1.165, 1.54) is 0 Å². The van der Waals surface area contributed by atoms with Crippen molar-refractivity contribution in [1.82, 2.24) is 5.06 Å². The van der Waals surface area contributed by atoms with Crippen LogP contribution in [-0.2, 0) is 4.84 Å². The predicted octanol–water partition coefficient (Wildman–Crippen LogP) is 3.08. The van der Waals surface area contributed by atoms with E-state index in [9.17, 15) is 0 Å². The second-order valence-corrected chi connectivity index (χ2v) is 5.89. The summed E-state index contributed by atoms with van der Waals surface area (Å²) in [5.74, 6) is 0. The molecular weight excluding hydrogens is 317 g/mol. The molecule has 1 unspecified atom stereocenters. The molecule has 2 aliphatic rings. The van der Waals surface area contributed by atoms with Crippen LogP contribution in [0.3, 0.4) is 0 Å². The molecule has 2 nitrogen and oxygen atoms in total. The number of nitrogens with zero attached hydrogens (tertiary/aromatic N) is 1. The molecule has 0 fully saturated rings. The molecule has 1 aromatic rings. The highest BCUT2D eigenvalue weighted by atomic mass is 35.5. The predicted molar refractivity (Wildman–Crippen MR) is 84.0 cm³/mol. The van der Waals surface area contributed by atoms with Crippen LogP contribution in [0.4, 0.5) is 0 Å². The van der Waals surface area contributed by atoms with Crippen LogP contribution >= 0.6 is 34.8 Å². The minimum Gasteiger partial charge on any atom is -0.270 e. The average molecular weight is 329 g/mol. The third-order valence-corrected chi connectivity index (χ3v) is 4.37. The summed E-state index contributed by atoms with van der Waals surface area (Å²) in [6.45, 7) is 4.65. The Kier molecular flexibility index (Phi) is 3.83. The molecule has 0 amide bonds. The number of hydrogen-bond donors (Lipinski definition) is 0. The molecule has 1 aliphatic carbocycles. The molecule has 0 aromatic heterocycles. The lowest BCUT2D eigenvalue weighted by Crippen LogP contribution is -2.42. The molecular formula is C15H12Cl3NO. The number of halogens is 3. The highest BCUT2D eigenvalue weighted by Crippen LogP contribution is 2.34. The Hall–Kier alpha value is -0.930. The highest BCUT2D eigenvalue weighted by Gasteiger charge is 2.25. The summed E-state index contributed by atoms with van der Waals surface area (Å²) in [5.41, 5.74) is 1.91. The van der Waals surface area contributed by atoms with Crippen molar-refractivity contribution >= 4 is 46.6 Å². The van der Waals surface area contributed by atoms with Crippen molar-refractivity contribution in [2.24, 2.45) is 0 Å². The first-order chi connectivity index (χ1) is 9.61. The van der Waals surface area contributed by atoms with E-state index in [1.807, 2.05) is 24.4 Å². The Bertz CT molecular complexity index is 723. The fourth-order valence-corrected chi connectivity index (χ4v) is 3.53. The Morgan fingerprint density at radius 2 is 2.20 bits per heavy atom. The number of allylic oxidation sites excluding steroid dienone is 1. The number of hydrogen-bond acceptors (Lipinski definition) is 2. The van der Waals surface area contributed by atoms with Gasteiger partial charge in [0.15, 0.2) is 0 Å². The zero-order valence-electron chi connectivity index (χ0n) is 10.6. The molecule has 0 spiro atoms. The maximum atomic E-state index is 6.36. The molecule has 104 valence electrons. The molecule has 0 radical (unpaired) electrons. The molecule has 5 heteroatoms. The van der Waals surface area contributed by atoms with Gasteiger partial charge in [-0.15, -0.1) is 18.2 Å². The monoisotopic (exact) mass is 327 g/mol. The standard InChI is InChI=1S/C15H12Cl3NO/c1-2-5-20-19-7-9-3-4-11(16)15-13(18)6-12(17)10(8-19)14(9)15/h2-4,6-7,13H,1,5,8H2. The first kappa shape index (κ1) is 14.0.